The summed E-state index contributed by atoms with van der Waals surface area (Å²) >= 11 is 0. The van der Waals surface area contributed by atoms with Gasteiger partial charge in [-0.05, 0) is 38.5 Å². The second kappa shape index (κ2) is 64.0. The molecule has 0 heterocycles. The molecule has 0 aliphatic heterocycles. The molecule has 0 amide bonds. The predicted molar refractivity (Wildman–Crippen MR) is 346 cm³/mol. The Morgan fingerprint density at radius 3 is 0.914 bits per heavy atom. The van der Waals surface area contributed by atoms with Gasteiger partial charge in [0, 0.05) is 12.8 Å². The van der Waals surface area contributed by atoms with Crippen molar-refractivity contribution in [3.63, 3.8) is 0 Å². The monoisotopic (exact) mass is 1150 g/mol. The Morgan fingerprint density at radius 1 is 0.358 bits per heavy atom. The number of rotatable bonds is 68. The number of ether oxygens (including phenoxy) is 4. The number of allylic oxidation sites excluding steroid dienone is 2. The zero-order chi connectivity index (χ0) is 59.1. The van der Waals surface area contributed by atoms with E-state index in [4.69, 9.17) is 18.9 Å². The van der Waals surface area contributed by atoms with E-state index in [2.05, 4.69) is 26.0 Å². The Morgan fingerprint density at radius 2 is 0.630 bits per heavy atom. The molecule has 0 aliphatic carbocycles. The van der Waals surface area contributed by atoms with Crippen LogP contribution in [-0.4, -0.2) is 87.4 Å². The van der Waals surface area contributed by atoms with Crippen LogP contribution in [0.25, 0.3) is 0 Å². The van der Waals surface area contributed by atoms with E-state index in [9.17, 15) is 19.5 Å². The lowest BCUT2D eigenvalue weighted by Gasteiger charge is -2.25. The Kier molecular flexibility index (Phi) is 62.5. The molecule has 0 fully saturated rings. The number of hydrogen-bond acceptors (Lipinski definition) is 7. The zero-order valence-electron chi connectivity index (χ0n) is 55.0. The molecule has 0 bridgehead atoms. The molecule has 2 unspecified atom stereocenters. The zero-order valence-corrected chi connectivity index (χ0v) is 55.0. The number of quaternary nitrogens is 1. The summed E-state index contributed by atoms with van der Waals surface area (Å²) in [6, 6.07) is 0. The van der Waals surface area contributed by atoms with Crippen molar-refractivity contribution in [2.75, 3.05) is 47.5 Å². The highest BCUT2D eigenvalue weighted by atomic mass is 16.7. The molecule has 0 saturated carbocycles. The van der Waals surface area contributed by atoms with Crippen LogP contribution in [0, 0.1) is 0 Å². The van der Waals surface area contributed by atoms with Gasteiger partial charge < -0.3 is 28.5 Å². The normalized spacial score (nSPS) is 12.7. The van der Waals surface area contributed by atoms with E-state index in [0.717, 1.165) is 38.5 Å². The maximum Gasteiger partial charge on any atom is 0.361 e. The molecule has 81 heavy (non-hydrogen) atoms. The van der Waals surface area contributed by atoms with Crippen LogP contribution in [-0.2, 0) is 33.3 Å². The number of nitrogens with zero attached hydrogens (tertiary/aromatic N) is 1. The number of aliphatic carboxylic acids is 1. The summed E-state index contributed by atoms with van der Waals surface area (Å²) in [6.45, 7) is 4.95. The predicted octanol–water partition coefficient (Wildman–Crippen LogP) is 22.0. The fraction of sp³-hybridized carbons (Fsp3) is 0.931. The molecule has 0 radical (unpaired) electrons. The van der Waals surface area contributed by atoms with Gasteiger partial charge in [-0.3, -0.25) is 9.59 Å². The van der Waals surface area contributed by atoms with Gasteiger partial charge in [0.05, 0.1) is 34.4 Å². The highest BCUT2D eigenvalue weighted by Crippen LogP contribution is 2.19. The largest absolute Gasteiger partial charge is 0.477 e. The maximum atomic E-state index is 12.9. The minimum Gasteiger partial charge on any atom is -0.477 e. The third kappa shape index (κ3) is 65.4. The summed E-state index contributed by atoms with van der Waals surface area (Å²) < 4.78 is 23.0. The third-order valence-electron chi connectivity index (χ3n) is 16.5. The summed E-state index contributed by atoms with van der Waals surface area (Å²) in [6.07, 6.45) is 74.9. The number of esters is 2. The molecule has 0 aromatic rings. The van der Waals surface area contributed by atoms with Gasteiger partial charge in [-0.2, -0.15) is 0 Å². The van der Waals surface area contributed by atoms with Crippen LogP contribution in [0.5, 0.6) is 0 Å². The number of likely N-dealkylation sites (N-methyl/N-ethyl adjacent to an activating group) is 1. The molecule has 0 aromatic heterocycles. The Hall–Kier alpha value is -1.97. The Balaban J connectivity index is 3.94. The van der Waals surface area contributed by atoms with E-state index in [1.54, 1.807) is 0 Å². The van der Waals surface area contributed by atoms with Crippen molar-refractivity contribution in [1.29, 1.82) is 0 Å². The molecule has 0 aromatic carbocycles. The van der Waals surface area contributed by atoms with Gasteiger partial charge in [0.25, 0.3) is 6.29 Å². The average Bonchev–Trinajstić information content (AvgIpc) is 3.44. The molecule has 2 atom stereocenters. The van der Waals surface area contributed by atoms with Crippen molar-refractivity contribution in [1.82, 2.24) is 0 Å². The molecule has 9 heteroatoms. The smallest absolute Gasteiger partial charge is 0.361 e. The van der Waals surface area contributed by atoms with Gasteiger partial charge in [0.2, 0.25) is 0 Å². The topological polar surface area (TPSA) is 108 Å². The summed E-state index contributed by atoms with van der Waals surface area (Å²) in [5.74, 6) is -1.98. The second-order valence-electron chi connectivity index (χ2n) is 25.9. The summed E-state index contributed by atoms with van der Waals surface area (Å²) in [5.41, 5.74) is 0. The average molecular weight is 1150 g/mol. The van der Waals surface area contributed by atoms with E-state index in [0.29, 0.717) is 17.4 Å². The van der Waals surface area contributed by atoms with Crippen molar-refractivity contribution >= 4 is 17.9 Å². The molecular formula is C72H140NO8+. The van der Waals surface area contributed by atoms with E-state index < -0.39 is 18.4 Å². The summed E-state index contributed by atoms with van der Waals surface area (Å²) in [5, 5.41) is 9.73. The number of carbonyl (C=O) groups excluding carboxylic acids is 2. The number of carbonyl (C=O) groups is 3. The lowest BCUT2D eigenvalue weighted by Crippen LogP contribution is -2.40. The van der Waals surface area contributed by atoms with Crippen molar-refractivity contribution in [3.05, 3.63) is 12.2 Å². The van der Waals surface area contributed by atoms with Crippen LogP contribution >= 0.6 is 0 Å². The third-order valence-corrected chi connectivity index (χ3v) is 16.5. The lowest BCUT2D eigenvalue weighted by molar-refractivity contribution is -0.870. The summed E-state index contributed by atoms with van der Waals surface area (Å²) in [4.78, 5) is 37.6. The van der Waals surface area contributed by atoms with Crippen LogP contribution in [0.3, 0.4) is 0 Å². The van der Waals surface area contributed by atoms with Crippen molar-refractivity contribution in [3.8, 4) is 0 Å². The van der Waals surface area contributed by atoms with Crippen molar-refractivity contribution < 1.29 is 42.9 Å². The van der Waals surface area contributed by atoms with Crippen LogP contribution in [0.2, 0.25) is 0 Å². The fourth-order valence-electron chi connectivity index (χ4n) is 11.0. The highest BCUT2D eigenvalue weighted by molar-refractivity contribution is 5.71. The van der Waals surface area contributed by atoms with Crippen LogP contribution < -0.4 is 0 Å². The Labute approximate surface area is 504 Å². The summed E-state index contributed by atoms with van der Waals surface area (Å²) in [7, 11) is 5.99. The maximum absolute atomic E-state index is 12.9. The van der Waals surface area contributed by atoms with Crippen LogP contribution in [0.15, 0.2) is 12.2 Å². The standard InChI is InChI=1S/C72H139NO8/c1-6-8-10-12-14-16-18-20-22-24-26-27-28-29-30-31-32-33-34-35-36-37-38-39-40-41-42-43-45-46-48-50-52-54-56-58-60-62-69(74)79-66-68(67-80-72(71(76)77)78-65-64-73(3,4)5)81-70(75)63-61-59-57-55-53-51-49-47-44-25-23-21-19-17-15-13-11-9-7-2/h21,23,68,72H,6-20,22,24-67H2,1-5H3/p+1/b23-21-. The van der Waals surface area contributed by atoms with Crippen LogP contribution in [0.4, 0.5) is 0 Å². The quantitative estimate of drug-likeness (QED) is 0.0211. The first-order valence-corrected chi connectivity index (χ1v) is 35.9. The van der Waals surface area contributed by atoms with E-state index in [-0.39, 0.29) is 38.2 Å². The van der Waals surface area contributed by atoms with E-state index in [1.165, 1.54) is 308 Å². The van der Waals surface area contributed by atoms with Gasteiger partial charge >= 0.3 is 17.9 Å². The Bertz CT molecular complexity index is 1330. The molecule has 9 nitrogen and oxygen atoms in total. The number of unbranched alkanes of at least 4 members (excludes halogenated alkanes) is 51. The molecule has 480 valence electrons. The van der Waals surface area contributed by atoms with Gasteiger partial charge in [-0.15, -0.1) is 0 Å². The minimum absolute atomic E-state index is 0.176. The van der Waals surface area contributed by atoms with Crippen molar-refractivity contribution in [2.24, 2.45) is 0 Å². The van der Waals surface area contributed by atoms with E-state index in [1.807, 2.05) is 21.1 Å². The van der Waals surface area contributed by atoms with Gasteiger partial charge in [-0.25, -0.2) is 4.79 Å². The fourth-order valence-corrected chi connectivity index (χ4v) is 11.0. The van der Waals surface area contributed by atoms with Gasteiger partial charge in [-0.1, -0.05) is 334 Å². The number of carboxylic acid groups (broad SMARTS) is 1. The lowest BCUT2D eigenvalue weighted by atomic mass is 10.0. The molecule has 1 N–H and O–H groups in total. The molecule has 0 saturated heterocycles. The first kappa shape index (κ1) is 79.0. The molecule has 0 rings (SSSR count). The van der Waals surface area contributed by atoms with E-state index >= 15 is 0 Å². The second-order valence-corrected chi connectivity index (χ2v) is 25.9. The molecular weight excluding hydrogens is 1010 g/mol. The molecule has 0 spiro atoms. The van der Waals surface area contributed by atoms with Crippen LogP contribution in [0.1, 0.15) is 373 Å². The highest BCUT2D eigenvalue weighted by Gasteiger charge is 2.25. The van der Waals surface area contributed by atoms with Gasteiger partial charge in [0.15, 0.2) is 6.10 Å². The number of hydrogen-bond donors (Lipinski definition) is 1. The van der Waals surface area contributed by atoms with Crippen molar-refractivity contribution in [2.45, 2.75) is 386 Å². The minimum atomic E-state index is -1.51. The SMILES string of the molecule is CCCCCCCC/C=C\CCCCCCCCCCCC(=O)OC(COC(=O)CCCCCCCCCCCCCCCCCCCCCCCCCCCCCCCCCCCCCCC)COC(OCC[N+](C)(C)C)C(=O)O. The number of carboxylic acids is 1. The first-order chi connectivity index (χ1) is 39.6. The molecule has 0 aliphatic rings. The first-order valence-electron chi connectivity index (χ1n) is 35.9. The van der Waals surface area contributed by atoms with Gasteiger partial charge in [0.1, 0.15) is 13.2 Å².